The number of alkyl halides is 3. The fourth-order valence-electron chi connectivity index (χ4n) is 2.78. The number of carbonyl (C=O) groups excluding carboxylic acids is 1. The molecule has 2 aromatic heterocycles. The molecule has 0 bridgehead atoms. The average molecular weight is 410 g/mol. The topological polar surface area (TPSA) is 61.3 Å². The van der Waals surface area contributed by atoms with Crippen LogP contribution in [-0.4, -0.2) is 30.2 Å². The van der Waals surface area contributed by atoms with E-state index in [9.17, 15) is 18.0 Å². The fourth-order valence-corrected chi connectivity index (χ4v) is 3.96. The lowest BCUT2D eigenvalue weighted by Gasteiger charge is -2.11. The maximum Gasteiger partial charge on any atom is 0.433 e. The Hall–Kier alpha value is -2.68. The van der Waals surface area contributed by atoms with E-state index < -0.39 is 17.8 Å². The standard InChI is InChI=1S/C19H17F3N2O3S/c1-9(2)14-16(18(25)27-4)28-17(24-14)11-5-7-12(26-3)15-10(11)6-8-13(23-15)19(20,21)22/h5-9H,1-4H3. The van der Waals surface area contributed by atoms with E-state index in [1.165, 1.54) is 20.3 Å². The number of nitrogens with zero attached hydrogens (tertiary/aromatic N) is 2. The minimum Gasteiger partial charge on any atom is -0.494 e. The fraction of sp³-hybridized carbons (Fsp3) is 0.316. The molecule has 0 radical (unpaired) electrons. The van der Waals surface area contributed by atoms with Crippen LogP contribution in [-0.2, 0) is 10.9 Å². The normalized spacial score (nSPS) is 11.9. The molecule has 0 aliphatic rings. The third-order valence-electron chi connectivity index (χ3n) is 4.13. The largest absolute Gasteiger partial charge is 0.494 e. The second kappa shape index (κ2) is 7.38. The van der Waals surface area contributed by atoms with Gasteiger partial charge in [-0.15, -0.1) is 11.3 Å². The molecule has 0 fully saturated rings. The van der Waals surface area contributed by atoms with Crippen molar-refractivity contribution < 1.29 is 27.4 Å². The van der Waals surface area contributed by atoms with Gasteiger partial charge in [0.15, 0.2) is 0 Å². The molecule has 0 N–H and O–H groups in total. The van der Waals surface area contributed by atoms with E-state index in [0.717, 1.165) is 17.4 Å². The first-order valence-electron chi connectivity index (χ1n) is 8.31. The number of hydrogen-bond donors (Lipinski definition) is 0. The van der Waals surface area contributed by atoms with Gasteiger partial charge < -0.3 is 9.47 Å². The van der Waals surface area contributed by atoms with Crippen LogP contribution in [0.1, 0.15) is 40.8 Å². The lowest BCUT2D eigenvalue weighted by atomic mass is 10.1. The molecule has 0 unspecified atom stereocenters. The Morgan fingerprint density at radius 3 is 2.39 bits per heavy atom. The predicted molar refractivity (Wildman–Crippen MR) is 99.8 cm³/mol. The number of benzene rings is 1. The molecule has 148 valence electrons. The first-order chi connectivity index (χ1) is 13.2. The van der Waals surface area contributed by atoms with Crippen molar-refractivity contribution in [1.82, 2.24) is 9.97 Å². The number of carbonyl (C=O) groups is 1. The number of thiazole rings is 1. The molecule has 9 heteroatoms. The zero-order chi connectivity index (χ0) is 20.6. The molecule has 1 aromatic carbocycles. The average Bonchev–Trinajstić information content (AvgIpc) is 3.10. The summed E-state index contributed by atoms with van der Waals surface area (Å²) in [7, 11) is 2.66. The third-order valence-corrected chi connectivity index (χ3v) is 5.22. The summed E-state index contributed by atoms with van der Waals surface area (Å²) in [6.07, 6.45) is -4.57. The van der Waals surface area contributed by atoms with Crippen molar-refractivity contribution in [1.29, 1.82) is 0 Å². The predicted octanol–water partition coefficient (Wildman–Crippen LogP) is 5.30. The Balaban J connectivity index is 2.26. The highest BCUT2D eigenvalue weighted by atomic mass is 32.1. The van der Waals surface area contributed by atoms with Gasteiger partial charge in [0.05, 0.1) is 19.9 Å². The van der Waals surface area contributed by atoms with E-state index >= 15 is 0 Å². The van der Waals surface area contributed by atoms with Gasteiger partial charge in [-0.25, -0.2) is 14.8 Å². The van der Waals surface area contributed by atoms with Gasteiger partial charge in [0.1, 0.15) is 26.8 Å². The highest BCUT2D eigenvalue weighted by molar-refractivity contribution is 7.17. The maximum absolute atomic E-state index is 13.1. The second-order valence-electron chi connectivity index (χ2n) is 6.29. The maximum atomic E-state index is 13.1. The number of rotatable bonds is 4. The Bertz CT molecular complexity index is 1040. The van der Waals surface area contributed by atoms with E-state index in [1.807, 2.05) is 13.8 Å². The number of pyridine rings is 1. The quantitative estimate of drug-likeness (QED) is 0.547. The molecule has 2 heterocycles. The van der Waals surface area contributed by atoms with Gasteiger partial charge in [-0.2, -0.15) is 13.2 Å². The molecular weight excluding hydrogens is 393 g/mol. The Morgan fingerprint density at radius 1 is 1.11 bits per heavy atom. The minimum atomic E-state index is -4.57. The number of hydrogen-bond acceptors (Lipinski definition) is 6. The van der Waals surface area contributed by atoms with E-state index in [0.29, 0.717) is 26.5 Å². The van der Waals surface area contributed by atoms with Crippen molar-refractivity contribution in [2.75, 3.05) is 14.2 Å². The summed E-state index contributed by atoms with van der Waals surface area (Å²) in [5.74, 6) is -0.306. The van der Waals surface area contributed by atoms with Crippen molar-refractivity contribution in [3.8, 4) is 16.3 Å². The van der Waals surface area contributed by atoms with Crippen LogP contribution in [0.5, 0.6) is 5.75 Å². The molecule has 3 rings (SSSR count). The monoisotopic (exact) mass is 410 g/mol. The number of ether oxygens (including phenoxy) is 2. The molecule has 0 aliphatic heterocycles. The number of fused-ring (bicyclic) bond motifs is 1. The molecule has 3 aromatic rings. The molecular formula is C19H17F3N2O3S. The van der Waals surface area contributed by atoms with Crippen molar-refractivity contribution in [2.24, 2.45) is 0 Å². The number of halogens is 3. The molecule has 0 aliphatic carbocycles. The Labute approximate surface area is 163 Å². The van der Waals surface area contributed by atoms with Crippen LogP contribution in [0.15, 0.2) is 24.3 Å². The Kier molecular flexibility index (Phi) is 5.29. The van der Waals surface area contributed by atoms with Gasteiger partial charge in [0.25, 0.3) is 0 Å². The third kappa shape index (κ3) is 3.54. The van der Waals surface area contributed by atoms with Crippen molar-refractivity contribution in [3.05, 3.63) is 40.5 Å². The SMILES string of the molecule is COC(=O)c1sc(-c2ccc(OC)c3nc(C(F)(F)F)ccc23)nc1C(C)C. The first kappa shape index (κ1) is 20.1. The molecule has 0 amide bonds. The van der Waals surface area contributed by atoms with E-state index in [2.05, 4.69) is 9.97 Å². The smallest absolute Gasteiger partial charge is 0.433 e. The Morgan fingerprint density at radius 2 is 1.82 bits per heavy atom. The van der Waals surface area contributed by atoms with Gasteiger partial charge in [-0.05, 0) is 30.2 Å². The van der Waals surface area contributed by atoms with Crippen molar-refractivity contribution in [3.63, 3.8) is 0 Å². The van der Waals surface area contributed by atoms with Crippen LogP contribution in [0, 0.1) is 0 Å². The van der Waals surface area contributed by atoms with Gasteiger partial charge in [-0.3, -0.25) is 0 Å². The van der Waals surface area contributed by atoms with Crippen molar-refractivity contribution in [2.45, 2.75) is 25.9 Å². The lowest BCUT2D eigenvalue weighted by Crippen LogP contribution is -2.08. The molecule has 28 heavy (non-hydrogen) atoms. The van der Waals surface area contributed by atoms with Crippen LogP contribution >= 0.6 is 11.3 Å². The summed E-state index contributed by atoms with van der Waals surface area (Å²) in [6, 6.07) is 5.50. The van der Waals surface area contributed by atoms with E-state index in [4.69, 9.17) is 9.47 Å². The van der Waals surface area contributed by atoms with Crippen LogP contribution in [0.4, 0.5) is 13.2 Å². The number of methoxy groups -OCH3 is 2. The molecule has 0 saturated carbocycles. The summed E-state index contributed by atoms with van der Waals surface area (Å²) in [6.45, 7) is 3.79. The molecule has 5 nitrogen and oxygen atoms in total. The second-order valence-corrected chi connectivity index (χ2v) is 7.28. The van der Waals surface area contributed by atoms with Gasteiger partial charge in [0.2, 0.25) is 0 Å². The number of aromatic nitrogens is 2. The van der Waals surface area contributed by atoms with Gasteiger partial charge in [-0.1, -0.05) is 13.8 Å². The number of esters is 1. The van der Waals surface area contributed by atoms with Crippen LogP contribution in [0.3, 0.4) is 0 Å². The minimum absolute atomic E-state index is 0.0291. The van der Waals surface area contributed by atoms with E-state index in [1.54, 1.807) is 12.1 Å². The molecule has 0 saturated heterocycles. The highest BCUT2D eigenvalue weighted by Crippen LogP contribution is 2.39. The van der Waals surface area contributed by atoms with Crippen LogP contribution in [0.2, 0.25) is 0 Å². The summed E-state index contributed by atoms with van der Waals surface area (Å²) in [4.78, 5) is 20.8. The lowest BCUT2D eigenvalue weighted by molar-refractivity contribution is -0.140. The van der Waals surface area contributed by atoms with Crippen LogP contribution < -0.4 is 4.74 Å². The summed E-state index contributed by atoms with van der Waals surface area (Å²) in [5.41, 5.74) is 0.221. The van der Waals surface area contributed by atoms with Crippen LogP contribution in [0.25, 0.3) is 21.5 Å². The zero-order valence-electron chi connectivity index (χ0n) is 15.5. The zero-order valence-corrected chi connectivity index (χ0v) is 16.4. The first-order valence-corrected chi connectivity index (χ1v) is 9.13. The molecule has 0 spiro atoms. The summed E-state index contributed by atoms with van der Waals surface area (Å²) in [5, 5.41) is 0.950. The van der Waals surface area contributed by atoms with Crippen molar-refractivity contribution >= 4 is 28.2 Å². The molecule has 0 atom stereocenters. The summed E-state index contributed by atoms with van der Waals surface area (Å²) < 4.78 is 49.3. The highest BCUT2D eigenvalue weighted by Gasteiger charge is 2.33. The van der Waals surface area contributed by atoms with Gasteiger partial charge >= 0.3 is 12.1 Å². The van der Waals surface area contributed by atoms with Gasteiger partial charge in [0, 0.05) is 10.9 Å². The van der Waals surface area contributed by atoms with E-state index in [-0.39, 0.29) is 17.2 Å². The summed E-state index contributed by atoms with van der Waals surface area (Å²) >= 11 is 1.14.